The number of ether oxygens (including phenoxy) is 2. The largest absolute Gasteiger partial charge is 0.453 e. The smallest absolute Gasteiger partial charge is 0.407 e. The van der Waals surface area contributed by atoms with E-state index in [1.165, 1.54) is 14.2 Å². The number of benzene rings is 2. The maximum absolute atomic E-state index is 13.5. The van der Waals surface area contributed by atoms with Crippen LogP contribution in [0.5, 0.6) is 0 Å². The van der Waals surface area contributed by atoms with Crippen LogP contribution in [0.1, 0.15) is 77.0 Å². The van der Waals surface area contributed by atoms with Crippen LogP contribution in [0, 0.1) is 11.8 Å². The Balaban J connectivity index is 1.11. The molecule has 0 radical (unpaired) electrons. The van der Waals surface area contributed by atoms with E-state index in [1.807, 2.05) is 56.9 Å². The molecular weight excluding hydrogens is 688 g/mol. The number of imidazole rings is 2. The van der Waals surface area contributed by atoms with E-state index < -0.39 is 24.3 Å². The van der Waals surface area contributed by atoms with Crippen LogP contribution in [-0.2, 0) is 19.1 Å². The average Bonchev–Trinajstić information content (AvgIpc) is 4.02. The van der Waals surface area contributed by atoms with Crippen molar-refractivity contribution in [2.24, 2.45) is 11.8 Å². The van der Waals surface area contributed by atoms with E-state index in [0.717, 1.165) is 71.0 Å². The predicted octanol–water partition coefficient (Wildman–Crippen LogP) is 6.22. The fourth-order valence-electron chi connectivity index (χ4n) is 7.39. The van der Waals surface area contributed by atoms with Crippen molar-refractivity contribution in [1.29, 1.82) is 0 Å². The van der Waals surface area contributed by atoms with Crippen molar-refractivity contribution in [3.8, 4) is 33.8 Å². The van der Waals surface area contributed by atoms with Gasteiger partial charge in [0.1, 0.15) is 23.7 Å². The van der Waals surface area contributed by atoms with Gasteiger partial charge in [-0.1, -0.05) is 76.2 Å². The van der Waals surface area contributed by atoms with Crippen molar-refractivity contribution < 1.29 is 28.7 Å². The first kappa shape index (κ1) is 38.1. The monoisotopic (exact) mass is 738 g/mol. The normalized spacial score (nSPS) is 18.1. The van der Waals surface area contributed by atoms with Crippen LogP contribution in [0.3, 0.4) is 0 Å². The Bertz CT molecular complexity index is 1800. The molecule has 0 saturated carbocycles. The second-order valence-electron chi connectivity index (χ2n) is 14.6. The number of likely N-dealkylation sites (tertiary alicyclic amines) is 2. The third-order valence-electron chi connectivity index (χ3n) is 10.4. The molecule has 1 unspecified atom stereocenters. The van der Waals surface area contributed by atoms with Gasteiger partial charge in [-0.2, -0.15) is 0 Å². The number of methoxy groups -OCH3 is 2. The highest BCUT2D eigenvalue weighted by atomic mass is 16.5. The number of hydrogen-bond donors (Lipinski definition) is 4. The number of aromatic nitrogens is 4. The molecule has 4 heterocycles. The van der Waals surface area contributed by atoms with Gasteiger partial charge in [-0.05, 0) is 54.2 Å². The van der Waals surface area contributed by atoms with E-state index in [-0.39, 0.29) is 35.7 Å². The molecule has 2 saturated heterocycles. The summed E-state index contributed by atoms with van der Waals surface area (Å²) in [6.45, 7) is 8.80. The summed E-state index contributed by atoms with van der Waals surface area (Å²) >= 11 is 0. The molecule has 0 bridgehead atoms. The summed E-state index contributed by atoms with van der Waals surface area (Å²) in [6.07, 6.45) is 5.64. The van der Waals surface area contributed by atoms with E-state index in [2.05, 4.69) is 54.8 Å². The first-order chi connectivity index (χ1) is 26.0. The van der Waals surface area contributed by atoms with Gasteiger partial charge in [-0.25, -0.2) is 19.6 Å². The Hall–Kier alpha value is -5.66. The number of nitrogens with one attached hydrogen (secondary N) is 4. The predicted molar refractivity (Wildman–Crippen MR) is 203 cm³/mol. The zero-order chi connectivity index (χ0) is 38.5. The molecule has 2 fully saturated rings. The average molecular weight is 739 g/mol. The highest BCUT2D eigenvalue weighted by Gasteiger charge is 2.38. The van der Waals surface area contributed by atoms with Gasteiger partial charge in [-0.15, -0.1) is 0 Å². The fourth-order valence-corrected chi connectivity index (χ4v) is 7.39. The first-order valence-corrected chi connectivity index (χ1v) is 18.6. The minimum atomic E-state index is -0.687. The Labute approximate surface area is 315 Å². The lowest BCUT2D eigenvalue weighted by molar-refractivity contribution is -0.136. The van der Waals surface area contributed by atoms with Crippen molar-refractivity contribution >= 4 is 24.0 Å². The molecule has 14 nitrogen and oxygen atoms in total. The second-order valence-corrected chi connectivity index (χ2v) is 14.6. The molecule has 4 amide bonds. The van der Waals surface area contributed by atoms with E-state index in [4.69, 9.17) is 9.47 Å². The molecule has 54 heavy (non-hydrogen) atoms. The standard InChI is InChI=1S/C40H50N8O6/c1-23(2)33(45-39(51)53-5)37(49)47-19-7-9-31(47)30-22-41-35(44-30)28-17-13-26(14-18-28)25-11-15-27(16-12-25)29-21-42-36(43-29)32-10-8-20-48(32)38(50)34(24(3)4)46-40(52)54-6/h11-18,21-24,31-34H,7-10,19-20H2,1-6H3,(H,41,44)(H,42,43)(H,45,51)(H,46,52)/t31?,32-,33-,34-/m0/s1. The number of carbonyl (C=O) groups excluding carboxylic acids is 4. The molecule has 6 rings (SSSR count). The lowest BCUT2D eigenvalue weighted by atomic mass is 10.0. The highest BCUT2D eigenvalue weighted by molar-refractivity contribution is 5.87. The van der Waals surface area contributed by atoms with E-state index >= 15 is 0 Å². The zero-order valence-corrected chi connectivity index (χ0v) is 31.7. The molecule has 0 aliphatic carbocycles. The van der Waals surface area contributed by atoms with Crippen molar-refractivity contribution in [1.82, 2.24) is 40.4 Å². The number of nitrogens with zero attached hydrogens (tertiary/aromatic N) is 4. The number of hydrogen-bond acceptors (Lipinski definition) is 8. The minimum Gasteiger partial charge on any atom is -0.453 e. The number of carbonyl (C=O) groups is 4. The second kappa shape index (κ2) is 16.6. The van der Waals surface area contributed by atoms with Gasteiger partial charge in [0.25, 0.3) is 0 Å². The summed E-state index contributed by atoms with van der Waals surface area (Å²) in [6, 6.07) is 14.7. The van der Waals surface area contributed by atoms with Crippen molar-refractivity contribution in [2.75, 3.05) is 27.3 Å². The number of aromatic amines is 2. The van der Waals surface area contributed by atoms with Gasteiger partial charge in [0, 0.05) is 18.7 Å². The highest BCUT2D eigenvalue weighted by Crippen LogP contribution is 2.35. The van der Waals surface area contributed by atoms with Gasteiger partial charge in [-0.3, -0.25) is 9.59 Å². The quantitative estimate of drug-likeness (QED) is 0.140. The third-order valence-corrected chi connectivity index (χ3v) is 10.4. The topological polar surface area (TPSA) is 175 Å². The molecular formula is C40H50N8O6. The molecule has 0 spiro atoms. The summed E-state index contributed by atoms with van der Waals surface area (Å²) in [4.78, 5) is 70.7. The van der Waals surface area contributed by atoms with Gasteiger partial charge in [0.05, 0.1) is 50.1 Å². The van der Waals surface area contributed by atoms with Gasteiger partial charge in [0.15, 0.2) is 0 Å². The maximum atomic E-state index is 13.5. The molecule has 2 aliphatic rings. The lowest BCUT2D eigenvalue weighted by Gasteiger charge is -2.30. The summed E-state index contributed by atoms with van der Waals surface area (Å²) in [7, 11) is 2.58. The van der Waals surface area contributed by atoms with Crippen molar-refractivity contribution in [3.05, 3.63) is 72.4 Å². The van der Waals surface area contributed by atoms with Crippen LogP contribution in [0.2, 0.25) is 0 Å². The van der Waals surface area contributed by atoms with E-state index in [9.17, 15) is 19.2 Å². The first-order valence-electron chi connectivity index (χ1n) is 18.6. The van der Waals surface area contributed by atoms with Crippen LogP contribution < -0.4 is 10.6 Å². The molecule has 286 valence electrons. The molecule has 4 aromatic rings. The molecule has 2 aliphatic heterocycles. The Morgan fingerprint density at radius 1 is 0.667 bits per heavy atom. The Morgan fingerprint density at radius 3 is 1.67 bits per heavy atom. The molecule has 4 N–H and O–H groups in total. The Morgan fingerprint density at radius 2 is 1.15 bits per heavy atom. The van der Waals surface area contributed by atoms with Gasteiger partial charge >= 0.3 is 12.2 Å². The van der Waals surface area contributed by atoms with Crippen LogP contribution in [0.25, 0.3) is 33.8 Å². The van der Waals surface area contributed by atoms with Crippen LogP contribution in [0.4, 0.5) is 9.59 Å². The summed E-state index contributed by atoms with van der Waals surface area (Å²) in [5, 5.41) is 5.39. The number of alkyl carbamates (subject to hydrolysis) is 2. The van der Waals surface area contributed by atoms with Crippen molar-refractivity contribution in [2.45, 2.75) is 77.5 Å². The number of H-pyrrole nitrogens is 2. The Kier molecular flexibility index (Phi) is 11.7. The lowest BCUT2D eigenvalue weighted by Crippen LogP contribution is -2.51. The number of rotatable bonds is 11. The molecule has 2 aromatic carbocycles. The van der Waals surface area contributed by atoms with Crippen molar-refractivity contribution in [3.63, 3.8) is 0 Å². The third kappa shape index (κ3) is 8.12. The van der Waals surface area contributed by atoms with Crippen LogP contribution in [-0.4, -0.2) is 93.1 Å². The van der Waals surface area contributed by atoms with Gasteiger partial charge in [0.2, 0.25) is 11.8 Å². The minimum absolute atomic E-state index is 0.0993. The van der Waals surface area contributed by atoms with E-state index in [0.29, 0.717) is 13.1 Å². The van der Waals surface area contributed by atoms with Gasteiger partial charge < -0.3 is 39.9 Å². The van der Waals surface area contributed by atoms with Crippen LogP contribution >= 0.6 is 0 Å². The molecule has 14 heteroatoms. The summed E-state index contributed by atoms with van der Waals surface area (Å²) in [5.74, 6) is 0.967. The summed E-state index contributed by atoms with van der Waals surface area (Å²) in [5.41, 5.74) is 5.72. The summed E-state index contributed by atoms with van der Waals surface area (Å²) < 4.78 is 9.50. The van der Waals surface area contributed by atoms with Crippen LogP contribution in [0.15, 0.2) is 60.9 Å². The maximum Gasteiger partial charge on any atom is 0.407 e. The molecule has 4 atom stereocenters. The fraction of sp³-hybridized carbons (Fsp3) is 0.450. The zero-order valence-electron chi connectivity index (χ0n) is 31.7. The van der Waals surface area contributed by atoms with E-state index in [1.54, 1.807) is 17.3 Å². The molecule has 2 aromatic heterocycles. The SMILES string of the molecule is COC(=O)N[C@H](C(=O)N1CCCC1c1cnc(-c2ccc(-c3ccc(-c4cnc([C@@H]5CCCN5C(=O)[C@@H](NC(=O)OC)C(C)C)[nH]4)cc3)cc2)[nH]1)C(C)C. The number of amides is 4.